The van der Waals surface area contributed by atoms with E-state index in [0.29, 0.717) is 29.7 Å². The van der Waals surface area contributed by atoms with Gasteiger partial charge in [-0.2, -0.15) is 5.10 Å². The van der Waals surface area contributed by atoms with Crippen molar-refractivity contribution in [1.29, 1.82) is 0 Å². The van der Waals surface area contributed by atoms with Gasteiger partial charge >= 0.3 is 0 Å². The highest BCUT2D eigenvalue weighted by atomic mass is 35.5. The van der Waals surface area contributed by atoms with Gasteiger partial charge in [0.05, 0.1) is 34.1 Å². The first-order valence-corrected chi connectivity index (χ1v) is 12.4. The fourth-order valence-electron chi connectivity index (χ4n) is 3.73. The number of hydrogen-bond acceptors (Lipinski definition) is 4. The fourth-order valence-corrected chi connectivity index (χ4v) is 4.89. The van der Waals surface area contributed by atoms with Crippen LogP contribution in [0.2, 0.25) is 10.0 Å². The van der Waals surface area contributed by atoms with Crippen LogP contribution >= 0.6 is 23.2 Å². The molecule has 1 aromatic carbocycles. The van der Waals surface area contributed by atoms with Gasteiger partial charge in [-0.05, 0) is 50.8 Å². The van der Waals surface area contributed by atoms with Gasteiger partial charge in [0.1, 0.15) is 0 Å². The summed E-state index contributed by atoms with van der Waals surface area (Å²) in [6, 6.07) is 5.30. The molecule has 7 nitrogen and oxygen atoms in total. The highest BCUT2D eigenvalue weighted by molar-refractivity contribution is 7.88. The molecule has 3 rings (SSSR count). The van der Waals surface area contributed by atoms with E-state index >= 15 is 0 Å². The summed E-state index contributed by atoms with van der Waals surface area (Å²) < 4.78 is 26.5. The Balaban J connectivity index is 1.59. The molecule has 10 heteroatoms. The molecule has 0 spiro atoms. The van der Waals surface area contributed by atoms with Gasteiger partial charge in [0.25, 0.3) is 0 Å². The predicted octanol–water partition coefficient (Wildman–Crippen LogP) is 3.13. The van der Waals surface area contributed by atoms with E-state index in [1.807, 2.05) is 19.9 Å². The first-order valence-electron chi connectivity index (χ1n) is 9.78. The topological polar surface area (TPSA) is 84.3 Å². The third-order valence-electron chi connectivity index (χ3n) is 5.56. The molecule has 0 atom stereocenters. The van der Waals surface area contributed by atoms with Gasteiger partial charge in [0, 0.05) is 30.9 Å². The minimum atomic E-state index is -3.14. The molecular formula is C20H26Cl2N4O3S. The van der Waals surface area contributed by atoms with E-state index in [1.165, 1.54) is 10.6 Å². The van der Waals surface area contributed by atoms with Crippen LogP contribution in [0.15, 0.2) is 18.2 Å². The summed E-state index contributed by atoms with van der Waals surface area (Å²) in [7, 11) is -3.14. The van der Waals surface area contributed by atoms with Crippen molar-refractivity contribution in [3.05, 3.63) is 45.2 Å². The highest BCUT2D eigenvalue weighted by Crippen LogP contribution is 2.26. The molecule has 0 aliphatic carbocycles. The normalized spacial score (nSPS) is 16.0. The molecule has 1 saturated heterocycles. The van der Waals surface area contributed by atoms with Crippen molar-refractivity contribution in [2.45, 2.75) is 33.1 Å². The third kappa shape index (κ3) is 5.35. The summed E-state index contributed by atoms with van der Waals surface area (Å²) in [6.45, 7) is 5.37. The van der Waals surface area contributed by atoms with Gasteiger partial charge in [0.2, 0.25) is 15.9 Å². The van der Waals surface area contributed by atoms with Gasteiger partial charge in [0.15, 0.2) is 0 Å². The van der Waals surface area contributed by atoms with Gasteiger partial charge in [-0.3, -0.25) is 4.79 Å². The van der Waals surface area contributed by atoms with Crippen molar-refractivity contribution in [3.63, 3.8) is 0 Å². The van der Waals surface area contributed by atoms with Crippen LogP contribution in [-0.2, 0) is 21.2 Å². The lowest BCUT2D eigenvalue weighted by Crippen LogP contribution is -2.41. The molecule has 1 aliphatic rings. The van der Waals surface area contributed by atoms with E-state index in [4.69, 9.17) is 23.2 Å². The van der Waals surface area contributed by atoms with Gasteiger partial charge in [-0.15, -0.1) is 0 Å². The lowest BCUT2D eigenvalue weighted by atomic mass is 9.98. The van der Waals surface area contributed by atoms with Crippen molar-refractivity contribution < 1.29 is 13.2 Å². The SMILES string of the molecule is Cc1nn(-c2ccc(Cl)c(Cl)c2)c(C)c1CC(=O)NCC1CCN(S(C)(=O)=O)CC1. The van der Waals surface area contributed by atoms with Crippen LogP contribution in [-0.4, -0.2) is 54.3 Å². The van der Waals surface area contributed by atoms with E-state index in [2.05, 4.69) is 10.4 Å². The molecule has 0 bridgehead atoms. The molecule has 30 heavy (non-hydrogen) atoms. The number of rotatable bonds is 6. The van der Waals surface area contributed by atoms with Crippen molar-refractivity contribution >= 4 is 39.1 Å². The lowest BCUT2D eigenvalue weighted by Gasteiger charge is -2.30. The number of amides is 1. The zero-order chi connectivity index (χ0) is 22.1. The Morgan fingerprint density at radius 1 is 1.20 bits per heavy atom. The minimum Gasteiger partial charge on any atom is -0.356 e. The van der Waals surface area contributed by atoms with Gasteiger partial charge in [-0.25, -0.2) is 17.4 Å². The number of sulfonamides is 1. The summed E-state index contributed by atoms with van der Waals surface area (Å²) in [5.41, 5.74) is 3.33. The maximum atomic E-state index is 12.5. The van der Waals surface area contributed by atoms with E-state index in [1.54, 1.807) is 16.8 Å². The Hall–Kier alpha value is -1.61. The highest BCUT2D eigenvalue weighted by Gasteiger charge is 2.25. The Kier molecular flexibility index (Phi) is 7.12. The molecule has 2 heterocycles. The average molecular weight is 473 g/mol. The quantitative estimate of drug-likeness (QED) is 0.699. The summed E-state index contributed by atoms with van der Waals surface area (Å²) >= 11 is 12.1. The number of aromatic nitrogens is 2. The maximum absolute atomic E-state index is 12.5. The van der Waals surface area contributed by atoms with Gasteiger partial charge < -0.3 is 5.32 Å². The van der Waals surface area contributed by atoms with Crippen molar-refractivity contribution in [2.75, 3.05) is 25.9 Å². The van der Waals surface area contributed by atoms with E-state index < -0.39 is 10.0 Å². The van der Waals surface area contributed by atoms with Crippen LogP contribution < -0.4 is 5.32 Å². The number of piperidine rings is 1. The Bertz CT molecular complexity index is 1040. The van der Waals surface area contributed by atoms with E-state index in [0.717, 1.165) is 35.5 Å². The number of nitrogens with zero attached hydrogens (tertiary/aromatic N) is 3. The number of halogens is 2. The number of benzene rings is 1. The molecule has 2 aromatic rings. The number of hydrogen-bond donors (Lipinski definition) is 1. The third-order valence-corrected chi connectivity index (χ3v) is 7.60. The standard InChI is InChI=1S/C20H26Cl2N4O3S/c1-13-17(14(2)26(24-13)16-4-5-18(21)19(22)10-16)11-20(27)23-12-15-6-8-25(9-7-15)30(3,28)29/h4-5,10,15H,6-9,11-12H2,1-3H3,(H,23,27). The number of nitrogens with one attached hydrogen (secondary N) is 1. The van der Waals surface area contributed by atoms with Crippen LogP contribution in [0.5, 0.6) is 0 Å². The molecule has 1 aromatic heterocycles. The number of carbonyl (C=O) groups is 1. The molecule has 1 N–H and O–H groups in total. The lowest BCUT2D eigenvalue weighted by molar-refractivity contribution is -0.120. The summed E-state index contributed by atoms with van der Waals surface area (Å²) in [4.78, 5) is 12.5. The first-order chi connectivity index (χ1) is 14.1. The van der Waals surface area contributed by atoms with Crippen LogP contribution in [0.4, 0.5) is 0 Å². The molecule has 0 radical (unpaired) electrons. The first kappa shape index (κ1) is 23.1. The predicted molar refractivity (Wildman–Crippen MR) is 119 cm³/mol. The Labute approximate surface area is 187 Å². The second kappa shape index (κ2) is 9.26. The summed E-state index contributed by atoms with van der Waals surface area (Å²) in [6.07, 6.45) is 2.97. The summed E-state index contributed by atoms with van der Waals surface area (Å²) in [5, 5.41) is 8.47. The second-order valence-corrected chi connectivity index (χ2v) is 10.5. The maximum Gasteiger partial charge on any atom is 0.224 e. The largest absolute Gasteiger partial charge is 0.356 e. The average Bonchev–Trinajstić information content (AvgIpc) is 2.96. The second-order valence-electron chi connectivity index (χ2n) is 7.75. The molecule has 1 amide bonds. The monoisotopic (exact) mass is 472 g/mol. The van der Waals surface area contributed by atoms with Crippen molar-refractivity contribution in [2.24, 2.45) is 5.92 Å². The van der Waals surface area contributed by atoms with E-state index in [-0.39, 0.29) is 18.2 Å². The molecular weight excluding hydrogens is 447 g/mol. The van der Waals surface area contributed by atoms with Crippen LogP contribution in [0.25, 0.3) is 5.69 Å². The summed E-state index contributed by atoms with van der Waals surface area (Å²) in [5.74, 6) is 0.216. The molecule has 1 aliphatic heterocycles. The van der Waals surface area contributed by atoms with Gasteiger partial charge in [-0.1, -0.05) is 23.2 Å². The van der Waals surface area contributed by atoms with Crippen LogP contribution in [0, 0.1) is 19.8 Å². The van der Waals surface area contributed by atoms with Crippen molar-refractivity contribution in [1.82, 2.24) is 19.4 Å². The van der Waals surface area contributed by atoms with Crippen LogP contribution in [0.1, 0.15) is 29.8 Å². The fraction of sp³-hybridized carbons (Fsp3) is 0.500. The molecule has 1 fully saturated rings. The van der Waals surface area contributed by atoms with E-state index in [9.17, 15) is 13.2 Å². The van der Waals surface area contributed by atoms with Crippen LogP contribution in [0.3, 0.4) is 0 Å². The minimum absolute atomic E-state index is 0.0690. The number of aryl methyl sites for hydroxylation is 1. The van der Waals surface area contributed by atoms with Crippen molar-refractivity contribution in [3.8, 4) is 5.69 Å². The number of carbonyl (C=O) groups excluding carboxylic acids is 1. The zero-order valence-electron chi connectivity index (χ0n) is 17.3. The zero-order valence-corrected chi connectivity index (χ0v) is 19.6. The smallest absolute Gasteiger partial charge is 0.224 e. The molecule has 0 unspecified atom stereocenters. The Morgan fingerprint density at radius 3 is 2.47 bits per heavy atom. The Morgan fingerprint density at radius 2 is 1.87 bits per heavy atom. The molecule has 0 saturated carbocycles. The molecule has 164 valence electrons.